The van der Waals surface area contributed by atoms with Crippen molar-refractivity contribution in [3.05, 3.63) is 35.9 Å². The van der Waals surface area contributed by atoms with Crippen LogP contribution < -0.4 is 0 Å². The molecule has 0 aromatic heterocycles. The molecule has 1 nitrogen and oxygen atoms in total. The van der Waals surface area contributed by atoms with E-state index in [9.17, 15) is 4.79 Å². The van der Waals surface area contributed by atoms with Crippen LogP contribution in [0.4, 0.5) is 0 Å². The first-order chi connectivity index (χ1) is 5.34. The highest BCUT2D eigenvalue weighted by molar-refractivity contribution is 5.95. The molecule has 1 heteroatoms. The highest BCUT2D eigenvalue weighted by Gasteiger charge is 1.98. The SMILES string of the molecule is [2H]CCC(=O)c1ccccc1. The Balaban J connectivity index is 2.69. The van der Waals surface area contributed by atoms with Gasteiger partial charge < -0.3 is 0 Å². The summed E-state index contributed by atoms with van der Waals surface area (Å²) in [6.45, 7) is 0.174. The summed E-state index contributed by atoms with van der Waals surface area (Å²) in [7, 11) is 0. The minimum Gasteiger partial charge on any atom is -0.294 e. The molecular formula is C9H10O. The Morgan fingerprint density at radius 3 is 2.80 bits per heavy atom. The molecule has 1 rings (SSSR count). The maximum Gasteiger partial charge on any atom is 0.162 e. The van der Waals surface area contributed by atoms with E-state index in [0.29, 0.717) is 12.0 Å². The number of hydrogen-bond donors (Lipinski definition) is 0. The van der Waals surface area contributed by atoms with Gasteiger partial charge in [0.15, 0.2) is 5.78 Å². The molecule has 1 aromatic rings. The van der Waals surface area contributed by atoms with Crippen LogP contribution in [0.25, 0.3) is 0 Å². The molecule has 0 bridgehead atoms. The maximum atomic E-state index is 11.1. The van der Waals surface area contributed by atoms with Gasteiger partial charge in [-0.15, -0.1) is 0 Å². The van der Waals surface area contributed by atoms with Gasteiger partial charge in [-0.05, 0) is 0 Å². The van der Waals surface area contributed by atoms with E-state index >= 15 is 0 Å². The average Bonchev–Trinajstić information content (AvgIpc) is 2.07. The molecule has 52 valence electrons. The van der Waals surface area contributed by atoms with E-state index in [-0.39, 0.29) is 12.7 Å². The normalized spacial score (nSPS) is 10.6. The van der Waals surface area contributed by atoms with Gasteiger partial charge in [-0.25, -0.2) is 0 Å². The van der Waals surface area contributed by atoms with Crippen LogP contribution in [0.15, 0.2) is 30.3 Å². The molecule has 0 fully saturated rings. The lowest BCUT2D eigenvalue weighted by Gasteiger charge is -1.93. The Morgan fingerprint density at radius 2 is 2.20 bits per heavy atom. The summed E-state index contributed by atoms with van der Waals surface area (Å²) in [4.78, 5) is 11.1. The fourth-order valence-corrected chi connectivity index (χ4v) is 0.768. The van der Waals surface area contributed by atoms with E-state index in [4.69, 9.17) is 1.37 Å². The summed E-state index contributed by atoms with van der Waals surface area (Å²) in [5.74, 6) is 0.0561. The van der Waals surface area contributed by atoms with Crippen molar-refractivity contribution in [2.24, 2.45) is 0 Å². The fourth-order valence-electron chi connectivity index (χ4n) is 0.768. The van der Waals surface area contributed by atoms with Crippen LogP contribution in [0.5, 0.6) is 0 Å². The Kier molecular flexibility index (Phi) is 1.79. The zero-order chi connectivity index (χ0) is 8.10. The van der Waals surface area contributed by atoms with E-state index in [1.807, 2.05) is 18.2 Å². The Morgan fingerprint density at radius 1 is 1.50 bits per heavy atom. The number of carbonyl (C=O) groups excluding carboxylic acids is 1. The van der Waals surface area contributed by atoms with Crippen LogP contribution in [0.2, 0.25) is 0 Å². The quantitative estimate of drug-likeness (QED) is 0.568. The second-order valence-corrected chi connectivity index (χ2v) is 2.04. The molecule has 0 saturated carbocycles. The van der Waals surface area contributed by atoms with Crippen LogP contribution in [0, 0.1) is 0 Å². The number of rotatable bonds is 2. The van der Waals surface area contributed by atoms with E-state index < -0.39 is 0 Å². The molecular weight excluding hydrogens is 124 g/mol. The van der Waals surface area contributed by atoms with Crippen molar-refractivity contribution in [3.63, 3.8) is 0 Å². The second kappa shape index (κ2) is 3.16. The molecule has 0 atom stereocenters. The Bertz CT molecular complexity index is 231. The largest absolute Gasteiger partial charge is 0.294 e. The molecule has 0 amide bonds. The van der Waals surface area contributed by atoms with Crippen molar-refractivity contribution < 1.29 is 6.17 Å². The minimum atomic E-state index is 0.0561. The topological polar surface area (TPSA) is 17.1 Å². The second-order valence-electron chi connectivity index (χ2n) is 2.04. The summed E-state index contributed by atoms with van der Waals surface area (Å²) in [6, 6.07) is 9.09. The number of ketones is 1. The molecule has 0 radical (unpaired) electrons. The smallest absolute Gasteiger partial charge is 0.162 e. The average molecular weight is 135 g/mol. The molecule has 0 N–H and O–H groups in total. The third-order valence-electron chi connectivity index (χ3n) is 1.32. The van der Waals surface area contributed by atoms with Crippen molar-refractivity contribution in [2.45, 2.75) is 13.3 Å². The molecule has 0 spiro atoms. The van der Waals surface area contributed by atoms with Gasteiger partial charge in [-0.2, -0.15) is 0 Å². The zero-order valence-corrected chi connectivity index (χ0v) is 5.71. The van der Waals surface area contributed by atoms with E-state index in [2.05, 4.69) is 0 Å². The maximum absolute atomic E-state index is 11.1. The molecule has 10 heavy (non-hydrogen) atoms. The van der Waals surface area contributed by atoms with Gasteiger partial charge in [0.25, 0.3) is 0 Å². The first-order valence-electron chi connectivity index (χ1n) is 3.93. The molecule has 0 aliphatic heterocycles. The van der Waals surface area contributed by atoms with Crippen molar-refractivity contribution in [2.75, 3.05) is 0 Å². The monoisotopic (exact) mass is 135 g/mol. The predicted octanol–water partition coefficient (Wildman–Crippen LogP) is 2.28. The van der Waals surface area contributed by atoms with Crippen LogP contribution in [-0.2, 0) is 0 Å². The zero-order valence-electron chi connectivity index (χ0n) is 6.71. The van der Waals surface area contributed by atoms with E-state index in [0.717, 1.165) is 0 Å². The van der Waals surface area contributed by atoms with Gasteiger partial charge in [0.1, 0.15) is 0 Å². The Hall–Kier alpha value is -1.11. The summed E-state index contributed by atoms with van der Waals surface area (Å²) in [5.41, 5.74) is 0.708. The standard InChI is InChI=1S/C9H10O/c1-2-9(10)8-6-4-3-5-7-8/h3-7H,2H2,1H3/i1D. The van der Waals surface area contributed by atoms with Gasteiger partial charge in [0.05, 0.1) is 0 Å². The lowest BCUT2D eigenvalue weighted by Crippen LogP contribution is -1.94. The van der Waals surface area contributed by atoms with E-state index in [1.165, 1.54) is 0 Å². The number of carbonyl (C=O) groups is 1. The highest BCUT2D eigenvalue weighted by atomic mass is 16.1. The number of benzene rings is 1. The lowest BCUT2D eigenvalue weighted by atomic mass is 10.1. The number of Topliss-reactive ketones (excluding diaryl/α,β-unsaturated/α-hetero) is 1. The third-order valence-corrected chi connectivity index (χ3v) is 1.32. The van der Waals surface area contributed by atoms with Crippen LogP contribution >= 0.6 is 0 Å². The minimum absolute atomic E-state index is 0.0561. The summed E-state index contributed by atoms with van der Waals surface area (Å²) in [6.07, 6.45) is 0.323. The third kappa shape index (κ3) is 1.44. The van der Waals surface area contributed by atoms with Gasteiger partial charge in [-0.3, -0.25) is 4.79 Å². The van der Waals surface area contributed by atoms with Crippen LogP contribution in [-0.4, -0.2) is 5.78 Å². The predicted molar refractivity (Wildman–Crippen MR) is 41.1 cm³/mol. The van der Waals surface area contributed by atoms with Gasteiger partial charge >= 0.3 is 0 Å². The van der Waals surface area contributed by atoms with Gasteiger partial charge in [0.2, 0.25) is 0 Å². The molecule has 0 saturated heterocycles. The number of hydrogen-bond acceptors (Lipinski definition) is 1. The fraction of sp³-hybridized carbons (Fsp3) is 0.222. The molecule has 0 aliphatic carbocycles. The van der Waals surface area contributed by atoms with Crippen molar-refractivity contribution in [1.29, 1.82) is 0 Å². The summed E-state index contributed by atoms with van der Waals surface area (Å²) in [5, 5.41) is 0. The van der Waals surface area contributed by atoms with Crippen molar-refractivity contribution in [3.8, 4) is 0 Å². The lowest BCUT2D eigenvalue weighted by molar-refractivity contribution is 0.0988. The van der Waals surface area contributed by atoms with E-state index in [1.54, 1.807) is 12.1 Å². The first kappa shape index (κ1) is 5.66. The molecule has 0 aliphatic rings. The van der Waals surface area contributed by atoms with Gasteiger partial charge in [-0.1, -0.05) is 37.2 Å². The van der Waals surface area contributed by atoms with Crippen molar-refractivity contribution >= 4 is 5.78 Å². The van der Waals surface area contributed by atoms with Gasteiger partial charge in [0, 0.05) is 13.4 Å². The van der Waals surface area contributed by atoms with Crippen LogP contribution in [0.1, 0.15) is 25.0 Å². The Labute approximate surface area is 62.1 Å². The van der Waals surface area contributed by atoms with Crippen LogP contribution in [0.3, 0.4) is 0 Å². The van der Waals surface area contributed by atoms with Crippen molar-refractivity contribution in [1.82, 2.24) is 0 Å². The first-order valence-corrected chi connectivity index (χ1v) is 3.22. The summed E-state index contributed by atoms with van der Waals surface area (Å²) < 4.78 is 6.86. The summed E-state index contributed by atoms with van der Waals surface area (Å²) >= 11 is 0. The molecule has 0 heterocycles. The highest BCUT2D eigenvalue weighted by Crippen LogP contribution is 2.01. The molecule has 0 unspecified atom stereocenters. The molecule has 1 aromatic carbocycles.